The molecule has 1 unspecified atom stereocenters. The standard InChI is InChI=1S/C16H28N2/c1-4-14(3)13-18(5-2)11-7-9-15-8-6-10-16(17)12-15/h6,8,10,12,14H,4-5,7,9,11,13,17H2,1-3H3. The molecule has 1 aromatic carbocycles. The Morgan fingerprint density at radius 3 is 2.67 bits per heavy atom. The average molecular weight is 248 g/mol. The van der Waals surface area contributed by atoms with Crippen LogP contribution in [0.2, 0.25) is 0 Å². The van der Waals surface area contributed by atoms with E-state index < -0.39 is 0 Å². The summed E-state index contributed by atoms with van der Waals surface area (Å²) in [4.78, 5) is 2.56. The SMILES string of the molecule is CCC(C)CN(CC)CCCc1cccc(N)c1. The van der Waals surface area contributed by atoms with Gasteiger partial charge in [-0.1, -0.05) is 39.3 Å². The maximum atomic E-state index is 5.79. The molecule has 2 heteroatoms. The van der Waals surface area contributed by atoms with Gasteiger partial charge in [0.25, 0.3) is 0 Å². The second-order valence-corrected chi connectivity index (χ2v) is 5.26. The van der Waals surface area contributed by atoms with Crippen LogP contribution in [0.25, 0.3) is 0 Å². The van der Waals surface area contributed by atoms with Gasteiger partial charge in [-0.25, -0.2) is 0 Å². The second-order valence-electron chi connectivity index (χ2n) is 5.26. The first-order valence-corrected chi connectivity index (χ1v) is 7.22. The molecule has 0 aliphatic heterocycles. The largest absolute Gasteiger partial charge is 0.399 e. The molecule has 0 bridgehead atoms. The Morgan fingerprint density at radius 2 is 2.06 bits per heavy atom. The summed E-state index contributed by atoms with van der Waals surface area (Å²) in [5.74, 6) is 0.803. The van der Waals surface area contributed by atoms with Crippen LogP contribution >= 0.6 is 0 Å². The van der Waals surface area contributed by atoms with Gasteiger partial charge < -0.3 is 10.6 Å². The Labute approximate surface area is 112 Å². The van der Waals surface area contributed by atoms with E-state index in [4.69, 9.17) is 5.73 Å². The van der Waals surface area contributed by atoms with E-state index >= 15 is 0 Å². The van der Waals surface area contributed by atoms with Gasteiger partial charge in [0, 0.05) is 12.2 Å². The van der Waals surface area contributed by atoms with E-state index in [1.165, 1.54) is 31.5 Å². The Bertz CT molecular complexity index is 336. The van der Waals surface area contributed by atoms with Crippen molar-refractivity contribution in [2.75, 3.05) is 25.4 Å². The average Bonchev–Trinajstić information content (AvgIpc) is 2.37. The maximum absolute atomic E-state index is 5.79. The molecular formula is C16H28N2. The summed E-state index contributed by atoms with van der Waals surface area (Å²) in [6, 6.07) is 8.25. The molecule has 102 valence electrons. The van der Waals surface area contributed by atoms with Crippen LogP contribution < -0.4 is 5.73 Å². The number of anilines is 1. The van der Waals surface area contributed by atoms with Gasteiger partial charge in [0.15, 0.2) is 0 Å². The molecule has 0 fully saturated rings. The Kier molecular flexibility index (Phi) is 6.81. The van der Waals surface area contributed by atoms with Crippen LogP contribution in [-0.4, -0.2) is 24.5 Å². The van der Waals surface area contributed by atoms with Crippen LogP contribution in [-0.2, 0) is 6.42 Å². The minimum Gasteiger partial charge on any atom is -0.399 e. The van der Waals surface area contributed by atoms with Gasteiger partial charge in [-0.05, 0) is 49.5 Å². The number of nitrogens with two attached hydrogens (primary N) is 1. The lowest BCUT2D eigenvalue weighted by Crippen LogP contribution is -2.29. The molecule has 18 heavy (non-hydrogen) atoms. The fraction of sp³-hybridized carbons (Fsp3) is 0.625. The molecule has 0 aromatic heterocycles. The van der Waals surface area contributed by atoms with E-state index in [2.05, 4.69) is 37.8 Å². The smallest absolute Gasteiger partial charge is 0.0316 e. The first-order chi connectivity index (χ1) is 8.65. The molecule has 0 saturated carbocycles. The third kappa shape index (κ3) is 5.54. The molecule has 1 rings (SSSR count). The summed E-state index contributed by atoms with van der Waals surface area (Å²) in [7, 11) is 0. The van der Waals surface area contributed by atoms with Crippen molar-refractivity contribution in [3.63, 3.8) is 0 Å². The number of hydrogen-bond acceptors (Lipinski definition) is 2. The van der Waals surface area contributed by atoms with Crippen molar-refractivity contribution in [3.8, 4) is 0 Å². The van der Waals surface area contributed by atoms with Crippen molar-refractivity contribution in [1.82, 2.24) is 4.90 Å². The number of aryl methyl sites for hydroxylation is 1. The summed E-state index contributed by atoms with van der Waals surface area (Å²) in [5.41, 5.74) is 8.02. The number of rotatable bonds is 8. The van der Waals surface area contributed by atoms with Crippen LogP contribution in [0.15, 0.2) is 24.3 Å². The van der Waals surface area contributed by atoms with E-state index in [-0.39, 0.29) is 0 Å². The van der Waals surface area contributed by atoms with Gasteiger partial charge in [0.1, 0.15) is 0 Å². The van der Waals surface area contributed by atoms with Crippen molar-refractivity contribution < 1.29 is 0 Å². The molecule has 1 atom stereocenters. The summed E-state index contributed by atoms with van der Waals surface area (Å²) in [5, 5.41) is 0. The lowest BCUT2D eigenvalue weighted by molar-refractivity contribution is 0.243. The monoisotopic (exact) mass is 248 g/mol. The van der Waals surface area contributed by atoms with Gasteiger partial charge >= 0.3 is 0 Å². The first kappa shape index (κ1) is 15.0. The summed E-state index contributed by atoms with van der Waals surface area (Å²) < 4.78 is 0. The predicted octanol–water partition coefficient (Wildman–Crippen LogP) is 3.57. The number of benzene rings is 1. The van der Waals surface area contributed by atoms with E-state index in [0.717, 1.165) is 24.6 Å². The zero-order chi connectivity index (χ0) is 13.4. The van der Waals surface area contributed by atoms with Crippen molar-refractivity contribution in [2.45, 2.75) is 40.0 Å². The lowest BCUT2D eigenvalue weighted by Gasteiger charge is -2.23. The molecule has 1 aromatic rings. The molecule has 0 spiro atoms. The molecule has 0 saturated heterocycles. The third-order valence-electron chi connectivity index (χ3n) is 3.60. The summed E-state index contributed by atoms with van der Waals surface area (Å²) >= 11 is 0. The van der Waals surface area contributed by atoms with Gasteiger partial charge in [-0.2, -0.15) is 0 Å². The molecule has 2 N–H and O–H groups in total. The Hall–Kier alpha value is -1.02. The van der Waals surface area contributed by atoms with Crippen LogP contribution in [0.4, 0.5) is 5.69 Å². The van der Waals surface area contributed by atoms with E-state index in [1.54, 1.807) is 0 Å². The molecular weight excluding hydrogens is 220 g/mol. The van der Waals surface area contributed by atoms with Gasteiger partial charge in [0.2, 0.25) is 0 Å². The fourth-order valence-electron chi connectivity index (χ4n) is 2.20. The second kappa shape index (κ2) is 8.15. The van der Waals surface area contributed by atoms with Crippen LogP contribution in [0.5, 0.6) is 0 Å². The fourth-order valence-corrected chi connectivity index (χ4v) is 2.20. The topological polar surface area (TPSA) is 29.3 Å². The highest BCUT2D eigenvalue weighted by molar-refractivity contribution is 5.40. The molecule has 0 heterocycles. The molecule has 0 amide bonds. The normalized spacial score (nSPS) is 12.9. The highest BCUT2D eigenvalue weighted by Gasteiger charge is 2.06. The number of nitrogen functional groups attached to an aromatic ring is 1. The third-order valence-corrected chi connectivity index (χ3v) is 3.60. The minimum absolute atomic E-state index is 0.803. The zero-order valence-corrected chi connectivity index (χ0v) is 12.2. The van der Waals surface area contributed by atoms with Crippen LogP contribution in [0, 0.1) is 5.92 Å². The van der Waals surface area contributed by atoms with Gasteiger partial charge in [0.05, 0.1) is 0 Å². The highest BCUT2D eigenvalue weighted by Crippen LogP contribution is 2.10. The first-order valence-electron chi connectivity index (χ1n) is 7.22. The lowest BCUT2D eigenvalue weighted by atomic mass is 10.1. The van der Waals surface area contributed by atoms with E-state index in [1.807, 2.05) is 12.1 Å². The van der Waals surface area contributed by atoms with Crippen molar-refractivity contribution in [3.05, 3.63) is 29.8 Å². The van der Waals surface area contributed by atoms with Crippen molar-refractivity contribution >= 4 is 5.69 Å². The summed E-state index contributed by atoms with van der Waals surface area (Å²) in [6.07, 6.45) is 3.61. The molecule has 0 radical (unpaired) electrons. The van der Waals surface area contributed by atoms with Crippen LogP contribution in [0.1, 0.15) is 39.2 Å². The molecule has 0 aliphatic rings. The van der Waals surface area contributed by atoms with Gasteiger partial charge in [-0.15, -0.1) is 0 Å². The molecule has 2 nitrogen and oxygen atoms in total. The van der Waals surface area contributed by atoms with Crippen molar-refractivity contribution in [1.29, 1.82) is 0 Å². The summed E-state index contributed by atoms with van der Waals surface area (Å²) in [6.45, 7) is 10.4. The molecule has 0 aliphatic carbocycles. The Morgan fingerprint density at radius 1 is 1.28 bits per heavy atom. The highest BCUT2D eigenvalue weighted by atomic mass is 15.1. The van der Waals surface area contributed by atoms with E-state index in [0.29, 0.717) is 0 Å². The number of nitrogens with zero attached hydrogens (tertiary/aromatic N) is 1. The van der Waals surface area contributed by atoms with Crippen molar-refractivity contribution in [2.24, 2.45) is 5.92 Å². The zero-order valence-electron chi connectivity index (χ0n) is 12.2. The van der Waals surface area contributed by atoms with Crippen LogP contribution in [0.3, 0.4) is 0 Å². The Balaban J connectivity index is 2.31. The maximum Gasteiger partial charge on any atom is 0.0316 e. The minimum atomic E-state index is 0.803. The van der Waals surface area contributed by atoms with E-state index in [9.17, 15) is 0 Å². The number of hydrogen-bond donors (Lipinski definition) is 1. The van der Waals surface area contributed by atoms with Gasteiger partial charge in [-0.3, -0.25) is 0 Å². The quantitative estimate of drug-likeness (QED) is 0.713. The predicted molar refractivity (Wildman–Crippen MR) is 80.7 cm³/mol.